The zero-order valence-corrected chi connectivity index (χ0v) is 13.1. The highest BCUT2D eigenvalue weighted by molar-refractivity contribution is 7.99. The summed E-state index contributed by atoms with van der Waals surface area (Å²) >= 11 is 1.95. The molecule has 3 unspecified atom stereocenters. The lowest BCUT2D eigenvalue weighted by molar-refractivity contribution is -0.122. The summed E-state index contributed by atoms with van der Waals surface area (Å²) in [6.45, 7) is 5.65. The van der Waals surface area contributed by atoms with Crippen LogP contribution in [0.4, 0.5) is 0 Å². The second-order valence-electron chi connectivity index (χ2n) is 6.37. The number of hydrogen-bond donors (Lipinski definition) is 2. The van der Waals surface area contributed by atoms with Crippen molar-refractivity contribution in [2.45, 2.75) is 58.0 Å². The van der Waals surface area contributed by atoms with Crippen molar-refractivity contribution in [1.82, 2.24) is 10.6 Å². The van der Waals surface area contributed by atoms with Crippen LogP contribution in [-0.2, 0) is 4.79 Å². The molecule has 0 bridgehead atoms. The summed E-state index contributed by atoms with van der Waals surface area (Å²) in [5, 5.41) is 6.70. The molecular weight excluding hydrogens is 256 g/mol. The third-order valence-electron chi connectivity index (χ3n) is 4.45. The summed E-state index contributed by atoms with van der Waals surface area (Å²) in [6.07, 6.45) is 5.60. The SMILES string of the molecule is CC(C)C1CCCC(NC(=O)CC2CSCCN2)C1. The highest BCUT2D eigenvalue weighted by Gasteiger charge is 2.26. The van der Waals surface area contributed by atoms with Gasteiger partial charge in [-0.15, -0.1) is 0 Å². The third-order valence-corrected chi connectivity index (χ3v) is 5.58. The third kappa shape index (κ3) is 4.99. The van der Waals surface area contributed by atoms with Crippen molar-refractivity contribution in [3.63, 3.8) is 0 Å². The van der Waals surface area contributed by atoms with E-state index in [9.17, 15) is 4.79 Å². The normalized spacial score (nSPS) is 32.3. The average molecular weight is 284 g/mol. The van der Waals surface area contributed by atoms with Gasteiger partial charge in [-0.1, -0.05) is 26.7 Å². The molecule has 2 rings (SSSR count). The molecule has 1 aliphatic heterocycles. The second-order valence-corrected chi connectivity index (χ2v) is 7.52. The summed E-state index contributed by atoms with van der Waals surface area (Å²) in [7, 11) is 0. The van der Waals surface area contributed by atoms with Gasteiger partial charge in [0.05, 0.1) is 0 Å². The molecule has 4 heteroatoms. The predicted molar refractivity (Wildman–Crippen MR) is 82.5 cm³/mol. The molecule has 1 heterocycles. The van der Waals surface area contributed by atoms with E-state index in [-0.39, 0.29) is 5.91 Å². The van der Waals surface area contributed by atoms with Gasteiger partial charge in [0.25, 0.3) is 0 Å². The Hall–Kier alpha value is -0.220. The van der Waals surface area contributed by atoms with Crippen LogP contribution in [0, 0.1) is 11.8 Å². The molecule has 1 amide bonds. The van der Waals surface area contributed by atoms with Gasteiger partial charge in [0, 0.05) is 36.6 Å². The number of hydrogen-bond acceptors (Lipinski definition) is 3. The standard InChI is InChI=1S/C15H28N2OS/c1-11(2)12-4-3-5-13(8-12)17-15(18)9-14-10-19-7-6-16-14/h11-14,16H,3-10H2,1-2H3,(H,17,18). The minimum atomic E-state index is 0.245. The highest BCUT2D eigenvalue weighted by atomic mass is 32.2. The molecule has 0 radical (unpaired) electrons. The first-order chi connectivity index (χ1) is 9.15. The maximum atomic E-state index is 12.1. The Labute approximate surface area is 121 Å². The van der Waals surface area contributed by atoms with E-state index in [4.69, 9.17) is 0 Å². The van der Waals surface area contributed by atoms with E-state index < -0.39 is 0 Å². The first-order valence-corrected chi connectivity index (χ1v) is 8.91. The minimum Gasteiger partial charge on any atom is -0.353 e. The van der Waals surface area contributed by atoms with Gasteiger partial charge in [-0.3, -0.25) is 4.79 Å². The maximum Gasteiger partial charge on any atom is 0.221 e. The van der Waals surface area contributed by atoms with Gasteiger partial charge in [0.2, 0.25) is 5.91 Å². The Kier molecular flexibility index (Phi) is 6.02. The van der Waals surface area contributed by atoms with Crippen LogP contribution < -0.4 is 10.6 Å². The monoisotopic (exact) mass is 284 g/mol. The van der Waals surface area contributed by atoms with Gasteiger partial charge in [-0.25, -0.2) is 0 Å². The van der Waals surface area contributed by atoms with Crippen LogP contribution in [0.1, 0.15) is 46.0 Å². The van der Waals surface area contributed by atoms with Crippen molar-refractivity contribution in [3.05, 3.63) is 0 Å². The van der Waals surface area contributed by atoms with Gasteiger partial charge in [-0.05, 0) is 24.7 Å². The largest absolute Gasteiger partial charge is 0.353 e. The molecule has 3 atom stereocenters. The number of amides is 1. The summed E-state index contributed by atoms with van der Waals surface area (Å²) in [6, 6.07) is 0.799. The zero-order chi connectivity index (χ0) is 13.7. The lowest BCUT2D eigenvalue weighted by Crippen LogP contribution is -2.44. The van der Waals surface area contributed by atoms with Crippen LogP contribution in [0.5, 0.6) is 0 Å². The molecule has 1 aliphatic carbocycles. The second kappa shape index (κ2) is 7.53. The molecule has 3 nitrogen and oxygen atoms in total. The maximum absolute atomic E-state index is 12.1. The topological polar surface area (TPSA) is 41.1 Å². The van der Waals surface area contributed by atoms with Crippen LogP contribution in [0.3, 0.4) is 0 Å². The number of carbonyl (C=O) groups excluding carboxylic acids is 1. The van der Waals surface area contributed by atoms with Crippen LogP contribution in [0.15, 0.2) is 0 Å². The van der Waals surface area contributed by atoms with Crippen LogP contribution in [0.25, 0.3) is 0 Å². The molecule has 1 saturated carbocycles. The molecule has 0 aromatic rings. The van der Waals surface area contributed by atoms with Crippen LogP contribution in [0.2, 0.25) is 0 Å². The van der Waals surface area contributed by atoms with Crippen molar-refractivity contribution in [3.8, 4) is 0 Å². The molecule has 0 aromatic heterocycles. The fraction of sp³-hybridized carbons (Fsp3) is 0.933. The van der Waals surface area contributed by atoms with Crippen LogP contribution >= 0.6 is 11.8 Å². The minimum absolute atomic E-state index is 0.245. The smallest absolute Gasteiger partial charge is 0.221 e. The van der Waals surface area contributed by atoms with E-state index in [1.165, 1.54) is 31.4 Å². The van der Waals surface area contributed by atoms with E-state index in [0.29, 0.717) is 18.5 Å². The zero-order valence-electron chi connectivity index (χ0n) is 12.3. The van der Waals surface area contributed by atoms with Crippen molar-refractivity contribution in [2.24, 2.45) is 11.8 Å². The Morgan fingerprint density at radius 1 is 1.42 bits per heavy atom. The first kappa shape index (κ1) is 15.2. The van der Waals surface area contributed by atoms with Crippen molar-refractivity contribution in [1.29, 1.82) is 0 Å². The molecule has 110 valence electrons. The molecular formula is C15H28N2OS. The van der Waals surface area contributed by atoms with Gasteiger partial charge >= 0.3 is 0 Å². The number of thioether (sulfide) groups is 1. The quantitative estimate of drug-likeness (QED) is 0.833. The Morgan fingerprint density at radius 3 is 2.95 bits per heavy atom. The van der Waals surface area contributed by atoms with Gasteiger partial charge in [0.1, 0.15) is 0 Å². The van der Waals surface area contributed by atoms with E-state index in [0.717, 1.165) is 24.1 Å². The van der Waals surface area contributed by atoms with E-state index >= 15 is 0 Å². The van der Waals surface area contributed by atoms with E-state index in [1.54, 1.807) is 0 Å². The lowest BCUT2D eigenvalue weighted by atomic mass is 9.79. The molecule has 0 aromatic carbocycles. The Balaban J connectivity index is 1.72. The molecule has 2 fully saturated rings. The summed E-state index contributed by atoms with van der Waals surface area (Å²) < 4.78 is 0. The molecule has 19 heavy (non-hydrogen) atoms. The van der Waals surface area contributed by atoms with Gasteiger partial charge in [0.15, 0.2) is 0 Å². The van der Waals surface area contributed by atoms with Crippen LogP contribution in [-0.4, -0.2) is 36.0 Å². The summed E-state index contributed by atoms with van der Waals surface area (Å²) in [5.74, 6) is 4.04. The Morgan fingerprint density at radius 2 is 2.26 bits per heavy atom. The number of carbonyl (C=O) groups is 1. The number of rotatable bonds is 4. The fourth-order valence-corrected chi connectivity index (χ4v) is 4.17. The fourth-order valence-electron chi connectivity index (χ4n) is 3.23. The summed E-state index contributed by atoms with van der Waals surface area (Å²) in [5.41, 5.74) is 0. The van der Waals surface area contributed by atoms with Gasteiger partial charge in [-0.2, -0.15) is 11.8 Å². The molecule has 2 aliphatic rings. The average Bonchev–Trinajstić information content (AvgIpc) is 2.40. The highest BCUT2D eigenvalue weighted by Crippen LogP contribution is 2.29. The predicted octanol–water partition coefficient (Wildman–Crippen LogP) is 2.41. The van der Waals surface area contributed by atoms with Crippen molar-refractivity contribution >= 4 is 17.7 Å². The number of nitrogens with one attached hydrogen (secondary N) is 2. The molecule has 1 saturated heterocycles. The Bertz CT molecular complexity index is 290. The summed E-state index contributed by atoms with van der Waals surface area (Å²) in [4.78, 5) is 12.1. The molecule has 0 spiro atoms. The van der Waals surface area contributed by atoms with Crippen molar-refractivity contribution < 1.29 is 4.79 Å². The van der Waals surface area contributed by atoms with Gasteiger partial charge < -0.3 is 10.6 Å². The first-order valence-electron chi connectivity index (χ1n) is 7.75. The van der Waals surface area contributed by atoms with E-state index in [1.807, 2.05) is 11.8 Å². The van der Waals surface area contributed by atoms with E-state index in [2.05, 4.69) is 24.5 Å². The molecule has 2 N–H and O–H groups in total. The van der Waals surface area contributed by atoms with Crippen molar-refractivity contribution in [2.75, 3.05) is 18.1 Å². The lowest BCUT2D eigenvalue weighted by Gasteiger charge is -2.32.